The summed E-state index contributed by atoms with van der Waals surface area (Å²) in [7, 11) is -11.1. The van der Waals surface area contributed by atoms with Gasteiger partial charge in [0.2, 0.25) is 0 Å². The third-order valence-electron chi connectivity index (χ3n) is 5.93. The monoisotopic (exact) mass is 700 g/mol. The van der Waals surface area contributed by atoms with Crippen LogP contribution in [-0.4, -0.2) is 45.7 Å². The summed E-state index contributed by atoms with van der Waals surface area (Å²) in [6, 6.07) is 23.4. The maximum absolute atomic E-state index is 12.0. The molecule has 11 nitrogen and oxygen atoms in total. The standard InChI is InChI=1S/C28H25O8S2.3Na.O3S/c1-3-19-6-14-25(27(16-19)37(29,30)31)21-7-4-20(5-8-21)18-36-24-13-15-26(28(17-24)38(32,33)34)22-9-11-23(35-2)12-10-22;;;;1-4(2)3/h4-9,11-17H,3,18H2,1-2H3,(H,29,30,31)(H,32,33,34);;;;/q-1;3*+1;/p-2. The molecule has 0 spiro atoms. The molecule has 4 aromatic rings. The Morgan fingerprint density at radius 3 is 1.71 bits per heavy atom. The molecule has 0 radical (unpaired) electrons. The molecule has 0 saturated heterocycles. The first-order chi connectivity index (χ1) is 19.7. The maximum Gasteiger partial charge on any atom is 1.00 e. The molecule has 0 unspecified atom stereocenters. The van der Waals surface area contributed by atoms with Crippen molar-refractivity contribution >= 4 is 30.8 Å². The fourth-order valence-corrected chi connectivity index (χ4v) is 5.36. The van der Waals surface area contributed by atoms with Crippen molar-refractivity contribution in [2.75, 3.05) is 7.11 Å². The number of methoxy groups -OCH3 is 1. The van der Waals surface area contributed by atoms with Gasteiger partial charge in [-0.1, -0.05) is 55.0 Å². The third-order valence-corrected chi connectivity index (χ3v) is 7.68. The van der Waals surface area contributed by atoms with Gasteiger partial charge in [-0.3, -0.25) is 0 Å². The van der Waals surface area contributed by atoms with Gasteiger partial charge in [-0.15, -0.1) is 42.5 Å². The Labute approximate surface area is 330 Å². The second kappa shape index (κ2) is 19.7. The van der Waals surface area contributed by atoms with Gasteiger partial charge in [0.25, 0.3) is 0 Å². The van der Waals surface area contributed by atoms with E-state index in [9.17, 15) is 25.9 Å². The van der Waals surface area contributed by atoms with Crippen molar-refractivity contribution in [1.29, 1.82) is 0 Å². The Morgan fingerprint density at radius 2 is 1.22 bits per heavy atom. The molecule has 4 rings (SSSR count). The molecule has 0 N–H and O–H groups in total. The fraction of sp³-hybridized carbons (Fsp3) is 0.143. The minimum absolute atomic E-state index is 0. The molecule has 17 heteroatoms. The second-order valence-electron chi connectivity index (χ2n) is 8.58. The van der Waals surface area contributed by atoms with Crippen LogP contribution < -0.4 is 98.1 Å². The van der Waals surface area contributed by atoms with Crippen LogP contribution >= 0.6 is 0 Å². The maximum atomic E-state index is 12.0. The van der Waals surface area contributed by atoms with E-state index in [2.05, 4.69) is 6.07 Å². The molecule has 222 valence electrons. The average Bonchev–Trinajstić information content (AvgIpc) is 2.95. The molecule has 0 bridgehead atoms. The first-order valence-corrected chi connectivity index (χ1v) is 15.8. The summed E-state index contributed by atoms with van der Waals surface area (Å²) in [5.41, 5.74) is 2.89. The van der Waals surface area contributed by atoms with Gasteiger partial charge in [-0.05, 0) is 46.9 Å². The summed E-state index contributed by atoms with van der Waals surface area (Å²) in [6.45, 7) is 1.92. The van der Waals surface area contributed by atoms with E-state index in [0.717, 1.165) is 5.56 Å². The third kappa shape index (κ3) is 13.2. The van der Waals surface area contributed by atoms with Crippen LogP contribution in [0.25, 0.3) is 22.3 Å². The van der Waals surface area contributed by atoms with Crippen LogP contribution in [-0.2, 0) is 43.9 Å². The van der Waals surface area contributed by atoms with Crippen molar-refractivity contribution in [3.8, 4) is 33.8 Å². The number of hydrogen-bond donors (Lipinski definition) is 0. The van der Waals surface area contributed by atoms with Gasteiger partial charge in [0.1, 0.15) is 32.6 Å². The summed E-state index contributed by atoms with van der Waals surface area (Å²) < 4.78 is 108. The van der Waals surface area contributed by atoms with Crippen molar-refractivity contribution in [2.45, 2.75) is 29.7 Å². The van der Waals surface area contributed by atoms with Crippen LogP contribution in [0, 0.1) is 6.07 Å². The van der Waals surface area contributed by atoms with Gasteiger partial charge < -0.3 is 18.6 Å². The molecule has 0 atom stereocenters. The minimum Gasteiger partial charge on any atom is -0.745 e. The molecule has 0 fully saturated rings. The van der Waals surface area contributed by atoms with Crippen LogP contribution in [0.15, 0.2) is 88.7 Å². The number of hydrogen-bond acceptors (Lipinski definition) is 11. The van der Waals surface area contributed by atoms with Crippen LogP contribution in [0.3, 0.4) is 0 Å². The number of aryl methyl sites for hydroxylation is 1. The van der Waals surface area contributed by atoms with E-state index in [1.165, 1.54) is 31.4 Å². The Kier molecular flexibility index (Phi) is 19.2. The zero-order valence-electron chi connectivity index (χ0n) is 25.1. The predicted molar refractivity (Wildman–Crippen MR) is 148 cm³/mol. The molecule has 45 heavy (non-hydrogen) atoms. The molecule has 0 aromatic heterocycles. The number of ether oxygens (including phenoxy) is 2. The van der Waals surface area contributed by atoms with E-state index in [1.807, 2.05) is 6.92 Å². The zero-order chi connectivity index (χ0) is 31.1. The zero-order valence-corrected chi connectivity index (χ0v) is 33.6. The number of rotatable bonds is 9. The molecular weight excluding hydrogens is 677 g/mol. The van der Waals surface area contributed by atoms with E-state index < -0.39 is 35.7 Å². The second-order valence-corrected chi connectivity index (χ2v) is 11.7. The van der Waals surface area contributed by atoms with E-state index in [1.54, 1.807) is 54.6 Å². The first kappa shape index (κ1) is 43.9. The minimum atomic E-state index is -4.82. The van der Waals surface area contributed by atoms with Crippen molar-refractivity contribution in [3.63, 3.8) is 0 Å². The van der Waals surface area contributed by atoms with Crippen LogP contribution in [0.4, 0.5) is 0 Å². The van der Waals surface area contributed by atoms with Gasteiger partial charge in [0, 0.05) is 10.6 Å². The molecule has 0 saturated carbocycles. The van der Waals surface area contributed by atoms with Crippen molar-refractivity contribution in [2.24, 2.45) is 0 Å². The smallest absolute Gasteiger partial charge is 0.745 e. The predicted octanol–water partition coefficient (Wildman–Crippen LogP) is -5.21. The topological polar surface area (TPSA) is 184 Å². The van der Waals surface area contributed by atoms with Gasteiger partial charge >= 0.3 is 99.3 Å². The van der Waals surface area contributed by atoms with Gasteiger partial charge in [0.05, 0.1) is 12.0 Å². The van der Waals surface area contributed by atoms with Crippen molar-refractivity contribution < 1.29 is 137 Å². The Bertz CT molecular complexity index is 1890. The van der Waals surface area contributed by atoms with Crippen molar-refractivity contribution in [3.05, 3.63) is 96.1 Å². The van der Waals surface area contributed by atoms with Crippen LogP contribution in [0.1, 0.15) is 18.1 Å². The Balaban J connectivity index is 0.00000261. The molecule has 0 aliphatic rings. The molecular formula is C28H23Na3O11S3. The summed E-state index contributed by atoms with van der Waals surface area (Å²) >= 11 is 0. The van der Waals surface area contributed by atoms with Crippen LogP contribution in [0.5, 0.6) is 11.5 Å². The first-order valence-electron chi connectivity index (χ1n) is 12.0. The molecule has 0 amide bonds. The van der Waals surface area contributed by atoms with Gasteiger partial charge in [0.15, 0.2) is 0 Å². The molecule has 4 aromatic carbocycles. The van der Waals surface area contributed by atoms with E-state index in [-0.39, 0.29) is 111 Å². The molecule has 0 aliphatic heterocycles. The average molecular weight is 701 g/mol. The van der Waals surface area contributed by atoms with Gasteiger partial charge in [-0.2, -0.15) is 0 Å². The van der Waals surface area contributed by atoms with Crippen LogP contribution in [0.2, 0.25) is 0 Å². The van der Waals surface area contributed by atoms with Gasteiger partial charge in [-0.25, -0.2) is 16.8 Å². The summed E-state index contributed by atoms with van der Waals surface area (Å²) in [6.07, 6.45) is 0.591. The van der Waals surface area contributed by atoms with E-state index in [0.29, 0.717) is 34.4 Å². The summed E-state index contributed by atoms with van der Waals surface area (Å²) in [4.78, 5) is -0.713. The van der Waals surface area contributed by atoms with Crippen molar-refractivity contribution in [1.82, 2.24) is 0 Å². The Morgan fingerprint density at radius 1 is 0.711 bits per heavy atom. The Hall–Kier alpha value is -1.08. The normalized spacial score (nSPS) is 10.5. The fourth-order valence-electron chi connectivity index (χ4n) is 3.91. The van der Waals surface area contributed by atoms with E-state index in [4.69, 9.17) is 22.1 Å². The number of benzene rings is 4. The summed E-state index contributed by atoms with van der Waals surface area (Å²) in [5.74, 6) is 0.714. The quantitative estimate of drug-likeness (QED) is 0.0924. The molecule has 0 aliphatic carbocycles. The largest absolute Gasteiger partial charge is 1.00 e. The SMILES string of the molecule is CCc1ccc(-c2ccc(COc3ccc(-c4[c-]cc(OC)cc4)c(S(=O)(=O)[O-])c3)cc2)c(S(=O)(=O)[O-])c1.O=S(=O)=O.[Na+].[Na+].[Na+]. The van der Waals surface area contributed by atoms with E-state index >= 15 is 0 Å². The summed E-state index contributed by atoms with van der Waals surface area (Å²) in [5, 5.41) is 0. The molecule has 0 heterocycles.